The van der Waals surface area contributed by atoms with E-state index < -0.39 is 11.8 Å². The lowest BCUT2D eigenvalue weighted by atomic mass is 10.2. The smallest absolute Gasteiger partial charge is 0.306 e. The number of carbonyl (C=O) groups is 2. The third kappa shape index (κ3) is 5.91. The fraction of sp³-hybridized carbons (Fsp3) is 0.250. The Morgan fingerprint density at radius 1 is 1.22 bits per heavy atom. The van der Waals surface area contributed by atoms with E-state index in [-0.39, 0.29) is 37.0 Å². The summed E-state index contributed by atoms with van der Waals surface area (Å²) >= 11 is 0. The largest absolute Gasteiger partial charge is 0.456 e. The number of benzene rings is 1. The van der Waals surface area contributed by atoms with Crippen LogP contribution in [-0.2, 0) is 20.7 Å². The number of oxazole rings is 1. The van der Waals surface area contributed by atoms with Crippen molar-refractivity contribution in [3.05, 3.63) is 67.5 Å². The highest BCUT2D eigenvalue weighted by Crippen LogP contribution is 2.23. The number of hydrogen-bond donors (Lipinski definition) is 0. The minimum atomic E-state index is -0.550. The van der Waals surface area contributed by atoms with Gasteiger partial charge in [-0.3, -0.25) is 9.59 Å². The van der Waals surface area contributed by atoms with Crippen LogP contribution in [0.3, 0.4) is 0 Å². The summed E-state index contributed by atoms with van der Waals surface area (Å²) in [4.78, 5) is 29.3. The van der Waals surface area contributed by atoms with Gasteiger partial charge >= 0.3 is 5.97 Å². The van der Waals surface area contributed by atoms with Crippen molar-refractivity contribution in [2.24, 2.45) is 0 Å². The Bertz CT molecular complexity index is 806. The van der Waals surface area contributed by atoms with Crippen LogP contribution in [0.5, 0.6) is 0 Å². The second kappa shape index (κ2) is 10.1. The van der Waals surface area contributed by atoms with Gasteiger partial charge in [0.2, 0.25) is 0 Å². The predicted molar refractivity (Wildman–Crippen MR) is 98.2 cm³/mol. The van der Waals surface area contributed by atoms with E-state index in [1.807, 2.05) is 0 Å². The molecule has 1 heterocycles. The minimum absolute atomic E-state index is 0.00653. The lowest BCUT2D eigenvalue weighted by molar-refractivity contribution is -0.151. The number of carbonyl (C=O) groups excluding carboxylic acids is 2. The zero-order valence-electron chi connectivity index (χ0n) is 14.9. The highest BCUT2D eigenvalue weighted by molar-refractivity contribution is 5.81. The number of aromatic nitrogens is 1. The van der Waals surface area contributed by atoms with Gasteiger partial charge in [-0.05, 0) is 12.1 Å². The lowest BCUT2D eigenvalue weighted by Gasteiger charge is -2.18. The van der Waals surface area contributed by atoms with Gasteiger partial charge in [0, 0.05) is 19.5 Å². The summed E-state index contributed by atoms with van der Waals surface area (Å²) in [5.41, 5.74) is 0.300. The molecule has 1 amide bonds. The quantitative estimate of drug-likeness (QED) is 0.473. The normalized spacial score (nSPS) is 10.3. The summed E-state index contributed by atoms with van der Waals surface area (Å²) in [7, 11) is 0. The van der Waals surface area contributed by atoms with Gasteiger partial charge in [0.1, 0.15) is 5.82 Å². The van der Waals surface area contributed by atoms with Crippen LogP contribution in [0.1, 0.15) is 12.3 Å². The van der Waals surface area contributed by atoms with Crippen molar-refractivity contribution in [3.8, 4) is 11.3 Å². The number of amides is 1. The van der Waals surface area contributed by atoms with Crippen molar-refractivity contribution in [1.29, 1.82) is 0 Å². The Morgan fingerprint density at radius 3 is 2.59 bits per heavy atom. The van der Waals surface area contributed by atoms with Gasteiger partial charge in [0.15, 0.2) is 18.3 Å². The molecule has 0 aliphatic rings. The van der Waals surface area contributed by atoms with Crippen LogP contribution < -0.4 is 0 Å². The summed E-state index contributed by atoms with van der Waals surface area (Å²) in [6.07, 6.45) is 4.75. The van der Waals surface area contributed by atoms with Crippen molar-refractivity contribution in [2.75, 3.05) is 19.7 Å². The zero-order valence-corrected chi connectivity index (χ0v) is 14.9. The Morgan fingerprint density at radius 2 is 1.93 bits per heavy atom. The van der Waals surface area contributed by atoms with Crippen molar-refractivity contribution in [1.82, 2.24) is 9.88 Å². The van der Waals surface area contributed by atoms with Gasteiger partial charge in [-0.25, -0.2) is 9.37 Å². The van der Waals surface area contributed by atoms with E-state index in [1.165, 1.54) is 17.2 Å². The first-order chi connectivity index (χ1) is 13.0. The van der Waals surface area contributed by atoms with Crippen LogP contribution in [0.4, 0.5) is 4.39 Å². The van der Waals surface area contributed by atoms with E-state index in [0.29, 0.717) is 18.7 Å². The second-order valence-corrected chi connectivity index (χ2v) is 5.63. The highest BCUT2D eigenvalue weighted by Gasteiger charge is 2.15. The Kier molecular flexibility index (Phi) is 7.49. The zero-order chi connectivity index (χ0) is 19.6. The van der Waals surface area contributed by atoms with Crippen LogP contribution in [0.2, 0.25) is 0 Å². The average Bonchev–Trinajstić information content (AvgIpc) is 3.13. The fourth-order valence-corrected chi connectivity index (χ4v) is 2.32. The van der Waals surface area contributed by atoms with Crippen LogP contribution in [0.15, 0.2) is 60.2 Å². The molecule has 1 aromatic carbocycles. The Balaban J connectivity index is 1.82. The maximum absolute atomic E-state index is 13.7. The SMILES string of the molecule is C=CCN(CC=C)C(=O)COC(=O)CCc1ncc(-c2ccccc2F)o1. The summed E-state index contributed by atoms with van der Waals surface area (Å²) < 4.78 is 24.2. The third-order valence-corrected chi connectivity index (χ3v) is 3.64. The number of ether oxygens (including phenoxy) is 1. The predicted octanol–water partition coefficient (Wildman–Crippen LogP) is 3.16. The molecule has 142 valence electrons. The fourth-order valence-electron chi connectivity index (χ4n) is 2.32. The van der Waals surface area contributed by atoms with E-state index in [1.54, 1.807) is 30.4 Å². The second-order valence-electron chi connectivity index (χ2n) is 5.63. The number of nitrogens with zero attached hydrogens (tertiary/aromatic N) is 2. The van der Waals surface area contributed by atoms with Crippen molar-refractivity contribution in [2.45, 2.75) is 12.8 Å². The van der Waals surface area contributed by atoms with E-state index >= 15 is 0 Å². The first-order valence-electron chi connectivity index (χ1n) is 8.40. The molecule has 0 saturated carbocycles. The van der Waals surface area contributed by atoms with Crippen LogP contribution in [-0.4, -0.2) is 41.5 Å². The number of esters is 1. The molecular weight excluding hydrogens is 351 g/mol. The molecule has 6 nitrogen and oxygen atoms in total. The van der Waals surface area contributed by atoms with Gasteiger partial charge in [-0.1, -0.05) is 24.3 Å². The van der Waals surface area contributed by atoms with Crippen molar-refractivity contribution in [3.63, 3.8) is 0 Å². The molecule has 27 heavy (non-hydrogen) atoms. The average molecular weight is 372 g/mol. The number of aryl methyl sites for hydroxylation is 1. The molecule has 0 atom stereocenters. The minimum Gasteiger partial charge on any atom is -0.456 e. The summed E-state index contributed by atoms with van der Waals surface area (Å²) in [5, 5.41) is 0. The third-order valence-electron chi connectivity index (χ3n) is 3.64. The standard InChI is InChI=1S/C20H21FN2O4/c1-3-11-23(12-4-2)19(24)14-26-20(25)10-9-18-22-13-17(27-18)15-7-5-6-8-16(15)21/h3-8,13H,1-2,9-12,14H2. The van der Waals surface area contributed by atoms with Gasteiger partial charge in [-0.2, -0.15) is 0 Å². The summed E-state index contributed by atoms with van der Waals surface area (Å²) in [5.74, 6) is -0.721. The highest BCUT2D eigenvalue weighted by atomic mass is 19.1. The molecular formula is C20H21FN2O4. The van der Waals surface area contributed by atoms with E-state index in [4.69, 9.17) is 9.15 Å². The van der Waals surface area contributed by atoms with Gasteiger partial charge in [0.05, 0.1) is 18.2 Å². The Hall–Kier alpha value is -3.22. The molecule has 0 radical (unpaired) electrons. The topological polar surface area (TPSA) is 72.6 Å². The lowest BCUT2D eigenvalue weighted by Crippen LogP contribution is -2.35. The van der Waals surface area contributed by atoms with E-state index in [0.717, 1.165) is 0 Å². The van der Waals surface area contributed by atoms with Crippen molar-refractivity contribution < 1.29 is 23.1 Å². The van der Waals surface area contributed by atoms with E-state index in [9.17, 15) is 14.0 Å². The maximum Gasteiger partial charge on any atom is 0.306 e. The molecule has 0 unspecified atom stereocenters. The molecule has 0 saturated heterocycles. The van der Waals surface area contributed by atoms with Gasteiger partial charge in [-0.15, -0.1) is 13.2 Å². The van der Waals surface area contributed by atoms with Crippen LogP contribution >= 0.6 is 0 Å². The molecule has 2 aromatic rings. The Labute approximate surface area is 156 Å². The molecule has 7 heteroatoms. The number of rotatable bonds is 10. The molecule has 0 bridgehead atoms. The van der Waals surface area contributed by atoms with Gasteiger partial charge < -0.3 is 14.1 Å². The van der Waals surface area contributed by atoms with Crippen LogP contribution in [0.25, 0.3) is 11.3 Å². The van der Waals surface area contributed by atoms with Crippen LogP contribution in [0, 0.1) is 5.82 Å². The molecule has 0 aliphatic carbocycles. The first kappa shape index (κ1) is 20.1. The molecule has 0 N–H and O–H groups in total. The maximum atomic E-state index is 13.7. The van der Waals surface area contributed by atoms with Gasteiger partial charge in [0.25, 0.3) is 5.91 Å². The number of hydrogen-bond acceptors (Lipinski definition) is 5. The number of halogens is 1. The molecule has 0 fully saturated rings. The monoisotopic (exact) mass is 372 g/mol. The summed E-state index contributed by atoms with van der Waals surface area (Å²) in [6, 6.07) is 6.18. The first-order valence-corrected chi connectivity index (χ1v) is 8.40. The van der Waals surface area contributed by atoms with Crippen molar-refractivity contribution >= 4 is 11.9 Å². The molecule has 2 rings (SSSR count). The molecule has 0 spiro atoms. The van der Waals surface area contributed by atoms with E-state index in [2.05, 4.69) is 18.1 Å². The summed E-state index contributed by atoms with van der Waals surface area (Å²) in [6.45, 7) is 7.49. The molecule has 0 aliphatic heterocycles. The molecule has 1 aromatic heterocycles.